The van der Waals surface area contributed by atoms with Gasteiger partial charge in [-0.25, -0.2) is 4.79 Å². The summed E-state index contributed by atoms with van der Waals surface area (Å²) in [6.45, 7) is 0. The highest BCUT2D eigenvalue weighted by molar-refractivity contribution is 5.86. The third kappa shape index (κ3) is 2.29. The number of carbonyl (C=O) groups excluding carboxylic acids is 1. The topological polar surface area (TPSA) is 29.5 Å². The lowest BCUT2D eigenvalue weighted by atomic mass is 9.96. The number of carbonyl (C=O) groups is 1. The van der Waals surface area contributed by atoms with Crippen LogP contribution in [0.5, 0.6) is 0 Å². The van der Waals surface area contributed by atoms with Crippen molar-refractivity contribution in [3.8, 4) is 0 Å². The second-order valence-electron chi connectivity index (χ2n) is 3.83. The number of benzene rings is 1. The smallest absolute Gasteiger partial charge is 0.414 e. The van der Waals surface area contributed by atoms with Crippen LogP contribution in [0.2, 0.25) is 0 Å². The Labute approximate surface area is 89.7 Å². The van der Waals surface area contributed by atoms with E-state index in [1.165, 1.54) is 11.3 Å². The standard InChI is InChI=1S/C12H15NO2/c1-13(10-6-3-2-4-7-10)12(14)15-11-8-5-9-11/h2-4,6-7,11H,5,8-9H2,1H3. The van der Waals surface area contributed by atoms with E-state index in [1.54, 1.807) is 7.05 Å². The van der Waals surface area contributed by atoms with Gasteiger partial charge in [-0.05, 0) is 31.4 Å². The first-order valence-corrected chi connectivity index (χ1v) is 5.27. The molecule has 3 heteroatoms. The van der Waals surface area contributed by atoms with Crippen molar-refractivity contribution in [2.24, 2.45) is 0 Å². The molecular weight excluding hydrogens is 190 g/mol. The van der Waals surface area contributed by atoms with Crippen molar-refractivity contribution in [1.29, 1.82) is 0 Å². The summed E-state index contributed by atoms with van der Waals surface area (Å²) in [6.07, 6.45) is 3.07. The number of rotatable bonds is 2. The molecule has 0 atom stereocenters. The molecule has 0 N–H and O–H groups in total. The van der Waals surface area contributed by atoms with Gasteiger partial charge in [-0.15, -0.1) is 0 Å². The van der Waals surface area contributed by atoms with Gasteiger partial charge in [0.1, 0.15) is 6.10 Å². The predicted octanol–water partition coefficient (Wildman–Crippen LogP) is 2.81. The van der Waals surface area contributed by atoms with Crippen LogP contribution >= 0.6 is 0 Å². The summed E-state index contributed by atoms with van der Waals surface area (Å²) < 4.78 is 5.29. The largest absolute Gasteiger partial charge is 0.446 e. The lowest BCUT2D eigenvalue weighted by Crippen LogP contribution is -2.33. The Morgan fingerprint density at radius 3 is 2.53 bits per heavy atom. The maximum Gasteiger partial charge on any atom is 0.414 e. The van der Waals surface area contributed by atoms with Crippen LogP contribution in [-0.2, 0) is 4.74 Å². The second-order valence-corrected chi connectivity index (χ2v) is 3.83. The zero-order valence-corrected chi connectivity index (χ0v) is 8.85. The highest BCUT2D eigenvalue weighted by Gasteiger charge is 2.23. The average Bonchev–Trinajstić information content (AvgIpc) is 2.23. The molecule has 0 saturated heterocycles. The fourth-order valence-electron chi connectivity index (χ4n) is 1.47. The average molecular weight is 205 g/mol. The van der Waals surface area contributed by atoms with Crippen molar-refractivity contribution in [3.63, 3.8) is 0 Å². The molecule has 1 saturated carbocycles. The molecule has 15 heavy (non-hydrogen) atoms. The fraction of sp³-hybridized carbons (Fsp3) is 0.417. The van der Waals surface area contributed by atoms with Gasteiger partial charge in [0.2, 0.25) is 0 Å². The van der Waals surface area contributed by atoms with Crippen molar-refractivity contribution in [2.75, 3.05) is 11.9 Å². The second kappa shape index (κ2) is 4.34. The number of hydrogen-bond acceptors (Lipinski definition) is 2. The van der Waals surface area contributed by atoms with Crippen molar-refractivity contribution >= 4 is 11.8 Å². The molecule has 1 fully saturated rings. The maximum atomic E-state index is 11.7. The van der Waals surface area contributed by atoms with Gasteiger partial charge < -0.3 is 4.74 Å². The van der Waals surface area contributed by atoms with Crippen LogP contribution in [0.25, 0.3) is 0 Å². The van der Waals surface area contributed by atoms with E-state index in [1.807, 2.05) is 30.3 Å². The van der Waals surface area contributed by atoms with Gasteiger partial charge in [0.05, 0.1) is 0 Å². The van der Waals surface area contributed by atoms with E-state index >= 15 is 0 Å². The van der Waals surface area contributed by atoms with Gasteiger partial charge in [-0.3, -0.25) is 4.90 Å². The lowest BCUT2D eigenvalue weighted by molar-refractivity contribution is 0.0582. The van der Waals surface area contributed by atoms with Crippen molar-refractivity contribution in [2.45, 2.75) is 25.4 Å². The van der Waals surface area contributed by atoms with Crippen LogP contribution in [0.1, 0.15) is 19.3 Å². The molecule has 1 aliphatic rings. The number of nitrogens with zero attached hydrogens (tertiary/aromatic N) is 1. The quantitative estimate of drug-likeness (QED) is 0.743. The minimum absolute atomic E-state index is 0.142. The molecule has 0 aromatic heterocycles. The monoisotopic (exact) mass is 205 g/mol. The van der Waals surface area contributed by atoms with Crippen LogP contribution in [0.4, 0.5) is 10.5 Å². The Morgan fingerprint density at radius 1 is 1.33 bits per heavy atom. The first-order chi connectivity index (χ1) is 7.27. The van der Waals surface area contributed by atoms with Crippen LogP contribution in [0.15, 0.2) is 30.3 Å². The molecule has 0 aliphatic heterocycles. The highest BCUT2D eigenvalue weighted by atomic mass is 16.6. The van der Waals surface area contributed by atoms with E-state index < -0.39 is 0 Å². The molecule has 0 bridgehead atoms. The third-order valence-electron chi connectivity index (χ3n) is 2.74. The third-order valence-corrected chi connectivity index (χ3v) is 2.74. The molecule has 0 heterocycles. The molecule has 1 aromatic rings. The summed E-state index contributed by atoms with van der Waals surface area (Å²) in [5, 5.41) is 0. The zero-order chi connectivity index (χ0) is 10.7. The highest BCUT2D eigenvalue weighted by Crippen LogP contribution is 2.23. The molecule has 1 aliphatic carbocycles. The van der Waals surface area contributed by atoms with Gasteiger partial charge in [-0.1, -0.05) is 18.2 Å². The van der Waals surface area contributed by atoms with Gasteiger partial charge in [0.25, 0.3) is 0 Å². The first-order valence-electron chi connectivity index (χ1n) is 5.27. The molecular formula is C12H15NO2. The molecule has 1 amide bonds. The normalized spacial score (nSPS) is 15.5. The Morgan fingerprint density at radius 2 is 2.00 bits per heavy atom. The van der Waals surface area contributed by atoms with Gasteiger partial charge in [0.15, 0.2) is 0 Å². The van der Waals surface area contributed by atoms with E-state index in [-0.39, 0.29) is 12.2 Å². The SMILES string of the molecule is CN(C(=O)OC1CCC1)c1ccccc1. The van der Waals surface area contributed by atoms with E-state index in [4.69, 9.17) is 4.74 Å². The Bertz CT molecular complexity index is 333. The summed E-state index contributed by atoms with van der Waals surface area (Å²) in [7, 11) is 1.73. The van der Waals surface area contributed by atoms with E-state index in [9.17, 15) is 4.79 Å². The minimum Gasteiger partial charge on any atom is -0.446 e. The van der Waals surface area contributed by atoms with E-state index in [0.717, 1.165) is 18.5 Å². The minimum atomic E-state index is -0.258. The van der Waals surface area contributed by atoms with Crippen LogP contribution in [0.3, 0.4) is 0 Å². The van der Waals surface area contributed by atoms with Crippen molar-refractivity contribution in [3.05, 3.63) is 30.3 Å². The van der Waals surface area contributed by atoms with Crippen LogP contribution in [0, 0.1) is 0 Å². The summed E-state index contributed by atoms with van der Waals surface area (Å²) in [5.41, 5.74) is 0.863. The van der Waals surface area contributed by atoms with Gasteiger partial charge in [-0.2, -0.15) is 0 Å². The van der Waals surface area contributed by atoms with E-state index in [0.29, 0.717) is 0 Å². The number of amides is 1. The Kier molecular flexibility index (Phi) is 2.90. The molecule has 80 valence electrons. The molecule has 1 aromatic carbocycles. The van der Waals surface area contributed by atoms with Gasteiger partial charge >= 0.3 is 6.09 Å². The van der Waals surface area contributed by atoms with Crippen molar-refractivity contribution in [1.82, 2.24) is 0 Å². The van der Waals surface area contributed by atoms with Crippen molar-refractivity contribution < 1.29 is 9.53 Å². The molecule has 3 nitrogen and oxygen atoms in total. The Hall–Kier alpha value is -1.51. The van der Waals surface area contributed by atoms with E-state index in [2.05, 4.69) is 0 Å². The molecule has 2 rings (SSSR count). The first kappa shape index (κ1) is 10.0. The molecule has 0 spiro atoms. The number of para-hydroxylation sites is 1. The summed E-state index contributed by atoms with van der Waals surface area (Å²) in [5.74, 6) is 0. The number of anilines is 1. The molecule has 0 unspecified atom stereocenters. The van der Waals surface area contributed by atoms with Crippen LogP contribution < -0.4 is 4.90 Å². The summed E-state index contributed by atoms with van der Waals surface area (Å²) >= 11 is 0. The summed E-state index contributed by atoms with van der Waals surface area (Å²) in [6, 6.07) is 9.52. The number of hydrogen-bond donors (Lipinski definition) is 0. The maximum absolute atomic E-state index is 11.7. The predicted molar refractivity (Wildman–Crippen MR) is 59.0 cm³/mol. The summed E-state index contributed by atoms with van der Waals surface area (Å²) in [4.78, 5) is 13.2. The number of ether oxygens (including phenoxy) is 1. The zero-order valence-electron chi connectivity index (χ0n) is 8.85. The molecule has 0 radical (unpaired) electrons. The fourth-order valence-corrected chi connectivity index (χ4v) is 1.47. The lowest BCUT2D eigenvalue weighted by Gasteiger charge is -2.27. The van der Waals surface area contributed by atoms with Crippen LogP contribution in [-0.4, -0.2) is 19.2 Å². The van der Waals surface area contributed by atoms with Gasteiger partial charge in [0, 0.05) is 12.7 Å². The Balaban J connectivity index is 1.94.